The van der Waals surface area contributed by atoms with Gasteiger partial charge in [-0.25, -0.2) is 9.97 Å². The maximum absolute atomic E-state index is 12.4. The zero-order valence-corrected chi connectivity index (χ0v) is 16.8. The summed E-state index contributed by atoms with van der Waals surface area (Å²) in [6, 6.07) is 17.6. The molecule has 5 nitrogen and oxygen atoms in total. The van der Waals surface area contributed by atoms with Crippen LogP contribution in [0.5, 0.6) is 5.75 Å². The summed E-state index contributed by atoms with van der Waals surface area (Å²) in [4.78, 5) is 9.98. The van der Waals surface area contributed by atoms with Gasteiger partial charge in [0.15, 0.2) is 0 Å². The Kier molecular flexibility index (Phi) is 4.96. The summed E-state index contributed by atoms with van der Waals surface area (Å²) in [5, 5.41) is 0.0840. The lowest BCUT2D eigenvalue weighted by Crippen LogP contribution is -2.05. The molecule has 1 atom stereocenters. The molecule has 2 heterocycles. The van der Waals surface area contributed by atoms with Gasteiger partial charge in [0.1, 0.15) is 5.75 Å². The van der Waals surface area contributed by atoms with Crippen molar-refractivity contribution in [2.45, 2.75) is 24.0 Å². The number of ether oxygens (including phenoxy) is 1. The van der Waals surface area contributed by atoms with Crippen LogP contribution in [0.1, 0.15) is 13.8 Å². The van der Waals surface area contributed by atoms with Gasteiger partial charge in [0.2, 0.25) is 5.78 Å². The Balaban J connectivity index is 1.86. The summed E-state index contributed by atoms with van der Waals surface area (Å²) in [6.45, 7) is 3.92. The van der Waals surface area contributed by atoms with Crippen LogP contribution in [0.4, 0.5) is 0 Å². The van der Waals surface area contributed by atoms with Gasteiger partial charge < -0.3 is 4.74 Å². The summed E-state index contributed by atoms with van der Waals surface area (Å²) in [5.74, 6) is 1.44. The van der Waals surface area contributed by atoms with E-state index in [9.17, 15) is 4.21 Å². The van der Waals surface area contributed by atoms with Crippen molar-refractivity contribution in [2.75, 3.05) is 7.11 Å². The van der Waals surface area contributed by atoms with E-state index in [1.807, 2.05) is 79.0 Å². The molecular formula is C22H21N3O2S. The lowest BCUT2D eigenvalue weighted by molar-refractivity contribution is 0.415. The van der Waals surface area contributed by atoms with Crippen molar-refractivity contribution in [1.82, 2.24) is 14.4 Å². The highest BCUT2D eigenvalue weighted by Gasteiger charge is 2.17. The van der Waals surface area contributed by atoms with E-state index in [4.69, 9.17) is 9.72 Å². The fourth-order valence-corrected chi connectivity index (χ4v) is 4.08. The smallest absolute Gasteiger partial charge is 0.234 e. The standard InChI is InChI=1S/C22H21N3O2S/c1-15(2)28(26)19-11-7-17(8-12-19)21-20(16-5-9-18(27-3)10-6-16)24-22-23-13-4-14-25(21)22/h4-15H,1-3H3. The van der Waals surface area contributed by atoms with Gasteiger partial charge in [0.25, 0.3) is 0 Å². The van der Waals surface area contributed by atoms with Crippen molar-refractivity contribution in [3.63, 3.8) is 0 Å². The van der Waals surface area contributed by atoms with Crippen molar-refractivity contribution in [2.24, 2.45) is 0 Å². The summed E-state index contributed by atoms with van der Waals surface area (Å²) in [6.07, 6.45) is 3.69. The third-order valence-electron chi connectivity index (χ3n) is 4.56. The molecule has 0 N–H and O–H groups in total. The number of benzene rings is 2. The van der Waals surface area contributed by atoms with E-state index in [0.29, 0.717) is 5.78 Å². The summed E-state index contributed by atoms with van der Waals surface area (Å²) < 4.78 is 19.6. The Hall–Kier alpha value is -2.99. The van der Waals surface area contributed by atoms with Gasteiger partial charge >= 0.3 is 0 Å². The predicted molar refractivity (Wildman–Crippen MR) is 112 cm³/mol. The maximum Gasteiger partial charge on any atom is 0.234 e. The molecule has 0 aliphatic rings. The Bertz CT molecular complexity index is 1130. The SMILES string of the molecule is COc1ccc(-c2nc3ncccn3c2-c2ccc(S(=O)C(C)C)cc2)cc1. The number of hydrogen-bond donors (Lipinski definition) is 0. The van der Waals surface area contributed by atoms with Crippen LogP contribution < -0.4 is 4.74 Å². The van der Waals surface area contributed by atoms with Crippen molar-refractivity contribution in [1.29, 1.82) is 0 Å². The van der Waals surface area contributed by atoms with E-state index < -0.39 is 10.8 Å². The third-order valence-corrected chi connectivity index (χ3v) is 6.15. The first-order valence-electron chi connectivity index (χ1n) is 9.07. The van der Waals surface area contributed by atoms with Gasteiger partial charge in [-0.1, -0.05) is 26.0 Å². The molecule has 0 saturated heterocycles. The Morgan fingerprint density at radius 3 is 2.32 bits per heavy atom. The van der Waals surface area contributed by atoms with Crippen LogP contribution >= 0.6 is 0 Å². The van der Waals surface area contributed by atoms with Crippen LogP contribution in [-0.2, 0) is 10.8 Å². The first-order valence-corrected chi connectivity index (χ1v) is 10.3. The Labute approximate surface area is 166 Å². The summed E-state index contributed by atoms with van der Waals surface area (Å²) in [5.41, 5.74) is 3.78. The molecule has 0 saturated carbocycles. The maximum atomic E-state index is 12.4. The van der Waals surface area contributed by atoms with E-state index in [1.165, 1.54) is 0 Å². The van der Waals surface area contributed by atoms with Crippen LogP contribution in [0, 0.1) is 0 Å². The molecule has 1 unspecified atom stereocenters. The van der Waals surface area contributed by atoms with E-state index in [-0.39, 0.29) is 5.25 Å². The highest BCUT2D eigenvalue weighted by atomic mass is 32.2. The molecule has 6 heteroatoms. The van der Waals surface area contributed by atoms with E-state index in [0.717, 1.165) is 33.2 Å². The molecule has 0 fully saturated rings. The zero-order valence-electron chi connectivity index (χ0n) is 16.0. The van der Waals surface area contributed by atoms with Gasteiger partial charge in [-0.2, -0.15) is 0 Å². The molecule has 0 radical (unpaired) electrons. The van der Waals surface area contributed by atoms with Gasteiger partial charge in [0, 0.05) is 33.7 Å². The van der Waals surface area contributed by atoms with Crippen LogP contribution in [0.2, 0.25) is 0 Å². The molecule has 0 aliphatic carbocycles. The van der Waals surface area contributed by atoms with Gasteiger partial charge in [-0.3, -0.25) is 8.61 Å². The molecule has 0 aliphatic heterocycles. The first kappa shape index (κ1) is 18.4. The second-order valence-corrected chi connectivity index (χ2v) is 8.71. The average Bonchev–Trinajstić information content (AvgIpc) is 3.13. The van der Waals surface area contributed by atoms with Crippen LogP contribution in [0.25, 0.3) is 28.3 Å². The lowest BCUT2D eigenvalue weighted by atomic mass is 10.0. The first-order chi connectivity index (χ1) is 13.6. The second-order valence-electron chi connectivity index (χ2n) is 6.70. The molecule has 0 bridgehead atoms. The Morgan fingerprint density at radius 2 is 1.68 bits per heavy atom. The van der Waals surface area contributed by atoms with Crippen molar-refractivity contribution in [3.8, 4) is 28.3 Å². The van der Waals surface area contributed by atoms with Gasteiger partial charge in [0.05, 0.1) is 29.3 Å². The topological polar surface area (TPSA) is 56.5 Å². The van der Waals surface area contributed by atoms with Gasteiger partial charge in [-0.05, 0) is 42.5 Å². The molecule has 2 aromatic heterocycles. The number of rotatable bonds is 5. The quantitative estimate of drug-likeness (QED) is 0.499. The number of methoxy groups -OCH3 is 1. The monoisotopic (exact) mass is 391 g/mol. The van der Waals surface area contributed by atoms with Crippen molar-refractivity contribution >= 4 is 16.6 Å². The average molecular weight is 391 g/mol. The molecule has 28 heavy (non-hydrogen) atoms. The fourth-order valence-electron chi connectivity index (χ4n) is 3.13. The van der Waals surface area contributed by atoms with Crippen molar-refractivity contribution in [3.05, 3.63) is 67.0 Å². The molecule has 4 rings (SSSR count). The number of imidazole rings is 1. The van der Waals surface area contributed by atoms with Crippen LogP contribution in [-0.4, -0.2) is 30.9 Å². The minimum absolute atomic E-state index is 0.0840. The molecule has 4 aromatic rings. The number of fused-ring (bicyclic) bond motifs is 1. The molecule has 2 aromatic carbocycles. The third kappa shape index (κ3) is 3.31. The predicted octanol–water partition coefficient (Wildman–Crippen LogP) is 4.59. The van der Waals surface area contributed by atoms with Gasteiger partial charge in [-0.15, -0.1) is 0 Å². The molecular weight excluding hydrogens is 370 g/mol. The number of aromatic nitrogens is 3. The Morgan fingerprint density at radius 1 is 1.00 bits per heavy atom. The minimum Gasteiger partial charge on any atom is -0.497 e. The minimum atomic E-state index is -1.01. The number of nitrogens with zero attached hydrogens (tertiary/aromatic N) is 3. The molecule has 0 amide bonds. The number of hydrogen-bond acceptors (Lipinski definition) is 4. The van der Waals surface area contributed by atoms with E-state index in [1.54, 1.807) is 13.3 Å². The summed E-state index contributed by atoms with van der Waals surface area (Å²) >= 11 is 0. The highest BCUT2D eigenvalue weighted by molar-refractivity contribution is 7.85. The summed E-state index contributed by atoms with van der Waals surface area (Å²) in [7, 11) is 0.640. The van der Waals surface area contributed by atoms with Crippen molar-refractivity contribution < 1.29 is 8.95 Å². The van der Waals surface area contributed by atoms with E-state index in [2.05, 4.69) is 4.98 Å². The van der Waals surface area contributed by atoms with Crippen LogP contribution in [0.3, 0.4) is 0 Å². The van der Waals surface area contributed by atoms with Crippen LogP contribution in [0.15, 0.2) is 71.9 Å². The normalized spacial score (nSPS) is 12.4. The lowest BCUT2D eigenvalue weighted by Gasteiger charge is -2.09. The second kappa shape index (κ2) is 7.56. The largest absolute Gasteiger partial charge is 0.497 e. The zero-order chi connectivity index (χ0) is 19.7. The molecule has 0 spiro atoms. The fraction of sp³-hybridized carbons (Fsp3) is 0.182. The van der Waals surface area contributed by atoms with E-state index >= 15 is 0 Å². The highest BCUT2D eigenvalue weighted by Crippen LogP contribution is 2.33. The molecule has 142 valence electrons.